The molecule has 5 heteroatoms. The fourth-order valence-electron chi connectivity index (χ4n) is 1.14. The van der Waals surface area contributed by atoms with Gasteiger partial charge in [-0.05, 0) is 19.6 Å². The van der Waals surface area contributed by atoms with Crippen molar-refractivity contribution in [1.29, 1.82) is 0 Å². The molecule has 1 atom stereocenters. The van der Waals surface area contributed by atoms with Crippen LogP contribution in [0.4, 0.5) is 5.82 Å². The van der Waals surface area contributed by atoms with Crippen LogP contribution in [0.1, 0.15) is 19.2 Å². The Balaban J connectivity index is 2.43. The predicted molar refractivity (Wildman–Crippen MR) is 67.9 cm³/mol. The minimum atomic E-state index is 0.489. The normalized spacial score (nSPS) is 12.5. The molecule has 0 radical (unpaired) electrons. The fraction of sp³-hybridized carbons (Fsp3) is 0.600. The van der Waals surface area contributed by atoms with Crippen LogP contribution in [0.25, 0.3) is 0 Å². The molecule has 0 fully saturated rings. The van der Waals surface area contributed by atoms with E-state index in [2.05, 4.69) is 28.5 Å². The van der Waals surface area contributed by atoms with Crippen LogP contribution < -0.4 is 5.32 Å². The van der Waals surface area contributed by atoms with E-state index < -0.39 is 0 Å². The van der Waals surface area contributed by atoms with Gasteiger partial charge in [-0.1, -0.05) is 18.5 Å². The highest BCUT2D eigenvalue weighted by molar-refractivity contribution is 7.99. The average molecular weight is 246 g/mol. The maximum Gasteiger partial charge on any atom is 0.134 e. The minimum Gasteiger partial charge on any atom is -0.370 e. The van der Waals surface area contributed by atoms with E-state index in [-0.39, 0.29) is 0 Å². The van der Waals surface area contributed by atoms with Crippen molar-refractivity contribution in [2.75, 3.05) is 18.1 Å². The highest BCUT2D eigenvalue weighted by atomic mass is 35.5. The van der Waals surface area contributed by atoms with Crippen molar-refractivity contribution in [2.24, 2.45) is 0 Å². The highest BCUT2D eigenvalue weighted by Gasteiger charge is 2.01. The molecule has 0 saturated heterocycles. The van der Waals surface area contributed by atoms with Crippen molar-refractivity contribution in [2.45, 2.75) is 25.5 Å². The van der Waals surface area contributed by atoms with Gasteiger partial charge in [0.15, 0.2) is 0 Å². The molecule has 0 spiro atoms. The molecule has 0 aliphatic heterocycles. The third-order valence-corrected chi connectivity index (χ3v) is 3.30. The largest absolute Gasteiger partial charge is 0.370 e. The summed E-state index contributed by atoms with van der Waals surface area (Å²) < 4.78 is 0. The molecule has 0 amide bonds. The first-order chi connectivity index (χ1) is 7.11. The molecule has 1 aromatic rings. The third-order valence-electron chi connectivity index (χ3n) is 2.07. The number of halogens is 1. The quantitative estimate of drug-likeness (QED) is 0.810. The van der Waals surface area contributed by atoms with Crippen molar-refractivity contribution >= 4 is 29.2 Å². The predicted octanol–water partition coefficient (Wildman–Crippen LogP) is 2.99. The monoisotopic (exact) mass is 245 g/mol. The summed E-state index contributed by atoms with van der Waals surface area (Å²) in [5.74, 6) is 1.50. The SMILES string of the molecule is CSC(C)CCNc1cc(Cl)nc(C)n1. The molecule has 0 aliphatic carbocycles. The van der Waals surface area contributed by atoms with Gasteiger partial charge in [0.25, 0.3) is 0 Å². The van der Waals surface area contributed by atoms with Gasteiger partial charge in [0.05, 0.1) is 0 Å². The Kier molecular flexibility index (Phi) is 5.19. The van der Waals surface area contributed by atoms with Gasteiger partial charge in [0.1, 0.15) is 16.8 Å². The standard InChI is InChI=1S/C10H16ClN3S/c1-7(15-3)4-5-12-10-6-9(11)13-8(2)14-10/h6-7H,4-5H2,1-3H3,(H,12,13,14). The molecule has 0 aliphatic rings. The third kappa shape index (κ3) is 4.71. The van der Waals surface area contributed by atoms with Crippen LogP contribution >= 0.6 is 23.4 Å². The Labute approximate surface area is 100 Å². The van der Waals surface area contributed by atoms with Crippen molar-refractivity contribution < 1.29 is 0 Å². The van der Waals surface area contributed by atoms with E-state index in [0.717, 1.165) is 18.8 Å². The van der Waals surface area contributed by atoms with Gasteiger partial charge in [0, 0.05) is 17.9 Å². The van der Waals surface area contributed by atoms with Gasteiger partial charge in [-0.15, -0.1) is 0 Å². The zero-order chi connectivity index (χ0) is 11.3. The number of aryl methyl sites for hydroxylation is 1. The van der Waals surface area contributed by atoms with Crippen LogP contribution in [0.15, 0.2) is 6.07 Å². The van der Waals surface area contributed by atoms with E-state index in [0.29, 0.717) is 16.2 Å². The molecule has 0 saturated carbocycles. The Hall–Kier alpha value is -0.480. The maximum atomic E-state index is 5.82. The van der Waals surface area contributed by atoms with Crippen LogP contribution in [0.5, 0.6) is 0 Å². The van der Waals surface area contributed by atoms with Crippen LogP contribution in [0.2, 0.25) is 5.15 Å². The zero-order valence-corrected chi connectivity index (χ0v) is 10.8. The summed E-state index contributed by atoms with van der Waals surface area (Å²) in [5, 5.41) is 4.39. The van der Waals surface area contributed by atoms with Gasteiger partial charge < -0.3 is 5.32 Å². The van der Waals surface area contributed by atoms with Crippen molar-refractivity contribution in [1.82, 2.24) is 9.97 Å². The zero-order valence-electron chi connectivity index (χ0n) is 9.25. The van der Waals surface area contributed by atoms with Gasteiger partial charge in [-0.3, -0.25) is 0 Å². The van der Waals surface area contributed by atoms with Gasteiger partial charge >= 0.3 is 0 Å². The smallest absolute Gasteiger partial charge is 0.134 e. The van der Waals surface area contributed by atoms with E-state index in [1.165, 1.54) is 0 Å². The van der Waals surface area contributed by atoms with E-state index >= 15 is 0 Å². The molecule has 1 aromatic heterocycles. The van der Waals surface area contributed by atoms with Crippen molar-refractivity contribution in [3.05, 3.63) is 17.0 Å². The molecule has 15 heavy (non-hydrogen) atoms. The summed E-state index contributed by atoms with van der Waals surface area (Å²) in [6, 6.07) is 1.75. The molecule has 0 bridgehead atoms. The summed E-state index contributed by atoms with van der Waals surface area (Å²) in [6.45, 7) is 4.96. The highest BCUT2D eigenvalue weighted by Crippen LogP contribution is 2.13. The molecule has 1 rings (SSSR count). The second-order valence-electron chi connectivity index (χ2n) is 3.38. The summed E-state index contributed by atoms with van der Waals surface area (Å²) in [7, 11) is 0. The van der Waals surface area contributed by atoms with E-state index in [9.17, 15) is 0 Å². The number of hydrogen-bond donors (Lipinski definition) is 1. The summed E-state index contributed by atoms with van der Waals surface area (Å²) in [6.07, 6.45) is 3.23. The lowest BCUT2D eigenvalue weighted by atomic mass is 10.3. The molecule has 3 nitrogen and oxygen atoms in total. The van der Waals surface area contributed by atoms with Crippen LogP contribution in [-0.4, -0.2) is 28.0 Å². The Morgan fingerprint density at radius 2 is 2.27 bits per heavy atom. The average Bonchev–Trinajstić information content (AvgIpc) is 2.16. The topological polar surface area (TPSA) is 37.8 Å². The van der Waals surface area contributed by atoms with Crippen LogP contribution in [0, 0.1) is 6.92 Å². The first-order valence-electron chi connectivity index (χ1n) is 4.89. The van der Waals surface area contributed by atoms with Crippen LogP contribution in [-0.2, 0) is 0 Å². The Morgan fingerprint density at radius 3 is 2.87 bits per heavy atom. The number of thioether (sulfide) groups is 1. The second-order valence-corrected chi connectivity index (χ2v) is 5.05. The summed E-state index contributed by atoms with van der Waals surface area (Å²) in [5.41, 5.74) is 0. The second kappa shape index (κ2) is 6.18. The number of anilines is 1. The maximum absolute atomic E-state index is 5.82. The number of aromatic nitrogens is 2. The lowest BCUT2D eigenvalue weighted by molar-refractivity contribution is 0.847. The molecular weight excluding hydrogens is 230 g/mol. The Bertz CT molecular complexity index is 299. The number of rotatable bonds is 5. The minimum absolute atomic E-state index is 0.489. The summed E-state index contributed by atoms with van der Waals surface area (Å²) >= 11 is 7.69. The molecule has 1 N–H and O–H groups in total. The number of hydrogen-bond acceptors (Lipinski definition) is 4. The Morgan fingerprint density at radius 1 is 1.53 bits per heavy atom. The molecule has 1 heterocycles. The number of nitrogens with one attached hydrogen (secondary N) is 1. The molecule has 0 aromatic carbocycles. The number of nitrogens with zero attached hydrogens (tertiary/aromatic N) is 2. The molecule has 1 unspecified atom stereocenters. The van der Waals surface area contributed by atoms with Crippen LogP contribution in [0.3, 0.4) is 0 Å². The van der Waals surface area contributed by atoms with Gasteiger partial charge in [0.2, 0.25) is 0 Å². The van der Waals surface area contributed by atoms with E-state index in [1.54, 1.807) is 6.07 Å². The first-order valence-corrected chi connectivity index (χ1v) is 6.56. The lowest BCUT2D eigenvalue weighted by Gasteiger charge is -2.09. The molecule has 84 valence electrons. The first kappa shape index (κ1) is 12.6. The van der Waals surface area contributed by atoms with E-state index in [4.69, 9.17) is 11.6 Å². The summed E-state index contributed by atoms with van der Waals surface area (Å²) in [4.78, 5) is 8.25. The van der Waals surface area contributed by atoms with Crippen molar-refractivity contribution in [3.8, 4) is 0 Å². The molecular formula is C10H16ClN3S. The fourth-order valence-corrected chi connectivity index (χ4v) is 1.72. The van der Waals surface area contributed by atoms with Gasteiger partial charge in [-0.25, -0.2) is 9.97 Å². The van der Waals surface area contributed by atoms with Crippen molar-refractivity contribution in [3.63, 3.8) is 0 Å². The van der Waals surface area contributed by atoms with E-state index in [1.807, 2.05) is 18.7 Å². The lowest BCUT2D eigenvalue weighted by Crippen LogP contribution is -2.09. The van der Waals surface area contributed by atoms with Gasteiger partial charge in [-0.2, -0.15) is 11.8 Å².